The van der Waals surface area contributed by atoms with E-state index in [1.165, 1.54) is 69.9 Å². The van der Waals surface area contributed by atoms with E-state index >= 15 is 0 Å². The summed E-state index contributed by atoms with van der Waals surface area (Å²) in [6, 6.07) is 0.691. The highest BCUT2D eigenvalue weighted by atomic mass is 15.3. The molecule has 0 radical (unpaired) electrons. The molecule has 2 fully saturated rings. The van der Waals surface area contributed by atoms with Crippen LogP contribution in [0.3, 0.4) is 0 Å². The molecule has 3 nitrogen and oxygen atoms in total. The number of hydrogen-bond acceptors (Lipinski definition) is 2. The van der Waals surface area contributed by atoms with Crippen molar-refractivity contribution < 1.29 is 0 Å². The van der Waals surface area contributed by atoms with Gasteiger partial charge >= 0.3 is 0 Å². The molecule has 2 N–H and O–H groups in total. The molecule has 116 valence electrons. The van der Waals surface area contributed by atoms with E-state index < -0.39 is 0 Å². The summed E-state index contributed by atoms with van der Waals surface area (Å²) >= 11 is 0. The fraction of sp³-hybridized carbons (Fsp3) is 0.833. The van der Waals surface area contributed by atoms with Gasteiger partial charge in [0, 0.05) is 11.6 Å². The van der Waals surface area contributed by atoms with Crippen molar-refractivity contribution in [3.8, 4) is 0 Å². The third kappa shape index (κ3) is 2.54. The molecule has 0 saturated heterocycles. The molecular formula is C18H29N3. The number of nitrogens with zero attached hydrogens (tertiary/aromatic N) is 2. The highest BCUT2D eigenvalue weighted by Gasteiger charge is 2.37. The molecule has 3 heteroatoms. The number of fused-ring (bicyclic) bond motifs is 1. The number of aromatic nitrogens is 2. The van der Waals surface area contributed by atoms with Crippen molar-refractivity contribution in [2.45, 2.75) is 88.5 Å². The number of nitrogens with two attached hydrogens (primary N) is 1. The molecule has 1 heterocycles. The van der Waals surface area contributed by atoms with E-state index in [0.717, 1.165) is 18.9 Å². The molecule has 0 aliphatic heterocycles. The van der Waals surface area contributed by atoms with E-state index in [1.54, 1.807) is 11.3 Å². The van der Waals surface area contributed by atoms with Gasteiger partial charge in [0.1, 0.15) is 0 Å². The standard InChI is InChI=1S/C18H29N3/c19-12-11-13-5-4-8-16-17(13)18(14-9-10-14)20-21(16)15-6-2-1-3-7-15/h13-15H,1-12,19H2. The molecular weight excluding hydrogens is 258 g/mol. The first-order valence-corrected chi connectivity index (χ1v) is 9.19. The van der Waals surface area contributed by atoms with Gasteiger partial charge in [0.15, 0.2) is 0 Å². The van der Waals surface area contributed by atoms with Crippen LogP contribution in [0.4, 0.5) is 0 Å². The van der Waals surface area contributed by atoms with Gasteiger partial charge in [-0.3, -0.25) is 4.68 Å². The molecule has 1 atom stereocenters. The first-order valence-electron chi connectivity index (χ1n) is 9.19. The van der Waals surface area contributed by atoms with Crippen LogP contribution >= 0.6 is 0 Å². The Hall–Kier alpha value is -0.830. The van der Waals surface area contributed by atoms with Gasteiger partial charge in [-0.2, -0.15) is 5.10 Å². The van der Waals surface area contributed by atoms with Gasteiger partial charge in [0.2, 0.25) is 0 Å². The van der Waals surface area contributed by atoms with Crippen LogP contribution in [0, 0.1) is 0 Å². The predicted molar refractivity (Wildman–Crippen MR) is 85.7 cm³/mol. The summed E-state index contributed by atoms with van der Waals surface area (Å²) in [5.41, 5.74) is 10.6. The van der Waals surface area contributed by atoms with Crippen LogP contribution in [-0.2, 0) is 6.42 Å². The topological polar surface area (TPSA) is 43.8 Å². The fourth-order valence-electron chi connectivity index (χ4n) is 4.63. The summed E-state index contributed by atoms with van der Waals surface area (Å²) in [5, 5.41) is 5.19. The third-order valence-corrected chi connectivity index (χ3v) is 5.85. The van der Waals surface area contributed by atoms with Crippen molar-refractivity contribution >= 4 is 0 Å². The summed E-state index contributed by atoms with van der Waals surface area (Å²) in [6.45, 7) is 0.822. The van der Waals surface area contributed by atoms with Crippen molar-refractivity contribution in [1.82, 2.24) is 9.78 Å². The molecule has 1 aromatic heterocycles. The Morgan fingerprint density at radius 3 is 2.52 bits per heavy atom. The second kappa shape index (κ2) is 5.75. The summed E-state index contributed by atoms with van der Waals surface area (Å²) in [5.74, 6) is 1.48. The maximum Gasteiger partial charge on any atom is 0.0693 e. The Kier molecular flexibility index (Phi) is 3.78. The van der Waals surface area contributed by atoms with E-state index in [2.05, 4.69) is 4.68 Å². The first kappa shape index (κ1) is 13.8. The summed E-state index contributed by atoms with van der Waals surface area (Å²) in [6.07, 6.45) is 14.7. The molecule has 0 bridgehead atoms. The lowest BCUT2D eigenvalue weighted by Crippen LogP contribution is -2.20. The van der Waals surface area contributed by atoms with Crippen LogP contribution in [-0.4, -0.2) is 16.3 Å². The van der Waals surface area contributed by atoms with Crippen molar-refractivity contribution in [2.75, 3.05) is 6.54 Å². The molecule has 0 spiro atoms. The normalized spacial score (nSPS) is 26.8. The fourth-order valence-corrected chi connectivity index (χ4v) is 4.63. The minimum atomic E-state index is 0.691. The average molecular weight is 287 g/mol. The lowest BCUT2D eigenvalue weighted by molar-refractivity contribution is 0.317. The molecule has 21 heavy (non-hydrogen) atoms. The van der Waals surface area contributed by atoms with Gasteiger partial charge in [0.25, 0.3) is 0 Å². The minimum Gasteiger partial charge on any atom is -0.330 e. The first-order chi connectivity index (χ1) is 10.4. The minimum absolute atomic E-state index is 0.691. The highest BCUT2D eigenvalue weighted by Crippen LogP contribution is 2.48. The van der Waals surface area contributed by atoms with Gasteiger partial charge in [-0.1, -0.05) is 19.3 Å². The predicted octanol–water partition coefficient (Wildman–Crippen LogP) is 4.03. The Morgan fingerprint density at radius 1 is 1.00 bits per heavy atom. The summed E-state index contributed by atoms with van der Waals surface area (Å²) in [7, 11) is 0. The molecule has 1 unspecified atom stereocenters. The van der Waals surface area contributed by atoms with Gasteiger partial charge in [0.05, 0.1) is 11.7 Å². The quantitative estimate of drug-likeness (QED) is 0.908. The van der Waals surface area contributed by atoms with E-state index in [9.17, 15) is 0 Å². The van der Waals surface area contributed by atoms with E-state index in [1.807, 2.05) is 0 Å². The maximum atomic E-state index is 5.88. The second-order valence-electron chi connectivity index (χ2n) is 7.42. The lowest BCUT2D eigenvalue weighted by atomic mass is 9.82. The van der Waals surface area contributed by atoms with Gasteiger partial charge in [-0.15, -0.1) is 0 Å². The largest absolute Gasteiger partial charge is 0.330 e. The molecule has 1 aromatic rings. The monoisotopic (exact) mass is 287 g/mol. The van der Waals surface area contributed by atoms with Crippen molar-refractivity contribution in [3.05, 3.63) is 17.0 Å². The zero-order chi connectivity index (χ0) is 14.2. The Morgan fingerprint density at radius 2 is 1.81 bits per heavy atom. The van der Waals surface area contributed by atoms with Gasteiger partial charge in [-0.05, 0) is 69.4 Å². The van der Waals surface area contributed by atoms with E-state index in [-0.39, 0.29) is 0 Å². The smallest absolute Gasteiger partial charge is 0.0693 e. The average Bonchev–Trinajstić information content (AvgIpc) is 3.29. The molecule has 0 amide bonds. The van der Waals surface area contributed by atoms with Crippen LogP contribution in [0.15, 0.2) is 0 Å². The Balaban J connectivity index is 1.72. The summed E-state index contributed by atoms with van der Waals surface area (Å²) in [4.78, 5) is 0. The van der Waals surface area contributed by atoms with Gasteiger partial charge < -0.3 is 5.73 Å². The van der Waals surface area contributed by atoms with E-state index in [4.69, 9.17) is 10.8 Å². The summed E-state index contributed by atoms with van der Waals surface area (Å²) < 4.78 is 2.49. The second-order valence-corrected chi connectivity index (χ2v) is 7.42. The van der Waals surface area contributed by atoms with Crippen molar-refractivity contribution in [1.29, 1.82) is 0 Å². The molecule has 2 saturated carbocycles. The SMILES string of the molecule is NCCC1CCCc2c1c(C1CC1)nn2C1CCCCC1. The van der Waals surface area contributed by atoms with Crippen LogP contribution in [0.5, 0.6) is 0 Å². The van der Waals surface area contributed by atoms with Crippen molar-refractivity contribution in [2.24, 2.45) is 5.73 Å². The Bertz CT molecular complexity index is 495. The van der Waals surface area contributed by atoms with Crippen LogP contribution in [0.1, 0.15) is 99.0 Å². The number of hydrogen-bond donors (Lipinski definition) is 1. The van der Waals surface area contributed by atoms with Crippen LogP contribution in [0.2, 0.25) is 0 Å². The zero-order valence-electron chi connectivity index (χ0n) is 13.2. The van der Waals surface area contributed by atoms with Crippen LogP contribution in [0.25, 0.3) is 0 Å². The molecule has 0 aromatic carbocycles. The molecule has 3 aliphatic rings. The number of rotatable bonds is 4. The maximum absolute atomic E-state index is 5.88. The van der Waals surface area contributed by atoms with Crippen LogP contribution < -0.4 is 5.73 Å². The third-order valence-electron chi connectivity index (χ3n) is 5.85. The Labute approximate surface area is 128 Å². The lowest BCUT2D eigenvalue weighted by Gasteiger charge is -2.27. The van der Waals surface area contributed by atoms with Crippen molar-refractivity contribution in [3.63, 3.8) is 0 Å². The van der Waals surface area contributed by atoms with Gasteiger partial charge in [-0.25, -0.2) is 0 Å². The molecule has 4 rings (SSSR count). The molecule has 3 aliphatic carbocycles. The highest BCUT2D eigenvalue weighted by molar-refractivity contribution is 5.37. The van der Waals surface area contributed by atoms with E-state index in [0.29, 0.717) is 12.0 Å². The zero-order valence-corrected chi connectivity index (χ0v) is 13.2.